The molecule has 4 rings (SSSR count). The molecule has 0 saturated carbocycles. The van der Waals surface area contributed by atoms with Crippen LogP contribution in [0.2, 0.25) is 0 Å². The van der Waals surface area contributed by atoms with E-state index in [1.54, 1.807) is 29.2 Å². The van der Waals surface area contributed by atoms with E-state index in [2.05, 4.69) is 5.32 Å². The van der Waals surface area contributed by atoms with Gasteiger partial charge in [-0.1, -0.05) is 44.2 Å². The molecule has 0 radical (unpaired) electrons. The van der Waals surface area contributed by atoms with Crippen molar-refractivity contribution in [3.05, 3.63) is 65.7 Å². The molecule has 0 aromatic heterocycles. The summed E-state index contributed by atoms with van der Waals surface area (Å²) in [5.41, 5.74) is 1.45. The highest BCUT2D eigenvalue weighted by Gasteiger charge is 2.44. The van der Waals surface area contributed by atoms with Gasteiger partial charge in [0.05, 0.1) is 11.1 Å². The lowest BCUT2D eigenvalue weighted by molar-refractivity contribution is -0.138. The van der Waals surface area contributed by atoms with Gasteiger partial charge in [0.1, 0.15) is 6.04 Å². The number of imide groups is 1. The average Bonchev–Trinajstić information content (AvgIpc) is 3.08. The molecule has 1 saturated heterocycles. The van der Waals surface area contributed by atoms with Gasteiger partial charge in [0, 0.05) is 24.7 Å². The first-order chi connectivity index (χ1) is 15.9. The Bertz CT molecular complexity index is 1020. The quantitative estimate of drug-likeness (QED) is 0.686. The number of likely N-dealkylation sites (tertiary alicyclic amines) is 1. The summed E-state index contributed by atoms with van der Waals surface area (Å²) >= 11 is 0. The molecule has 7 heteroatoms. The second-order valence-electron chi connectivity index (χ2n) is 9.13. The number of fused-ring (bicyclic) bond motifs is 1. The zero-order valence-electron chi connectivity index (χ0n) is 19.0. The first kappa shape index (κ1) is 22.7. The van der Waals surface area contributed by atoms with Crippen molar-refractivity contribution >= 4 is 29.3 Å². The molecule has 2 heterocycles. The second kappa shape index (κ2) is 9.57. The number of hydrogen-bond donors (Lipinski definition) is 1. The minimum atomic E-state index is -0.841. The van der Waals surface area contributed by atoms with Crippen molar-refractivity contribution in [3.8, 4) is 0 Å². The highest BCUT2D eigenvalue weighted by Crippen LogP contribution is 2.29. The van der Waals surface area contributed by atoms with Crippen LogP contribution in [0.15, 0.2) is 54.6 Å². The third-order valence-electron chi connectivity index (χ3n) is 6.34. The zero-order valence-corrected chi connectivity index (χ0v) is 19.0. The number of rotatable bonds is 6. The third-order valence-corrected chi connectivity index (χ3v) is 6.34. The maximum absolute atomic E-state index is 13.5. The van der Waals surface area contributed by atoms with Crippen LogP contribution in [-0.4, -0.2) is 52.6 Å². The van der Waals surface area contributed by atoms with Crippen LogP contribution in [0.1, 0.15) is 53.8 Å². The normalized spacial score (nSPS) is 17.3. The smallest absolute Gasteiger partial charge is 0.262 e. The van der Waals surface area contributed by atoms with E-state index < -0.39 is 17.9 Å². The highest BCUT2D eigenvalue weighted by molar-refractivity contribution is 6.22. The summed E-state index contributed by atoms with van der Waals surface area (Å²) in [6.45, 7) is 4.78. The molecule has 4 amide bonds. The van der Waals surface area contributed by atoms with E-state index in [1.165, 1.54) is 0 Å². The monoisotopic (exact) mass is 447 g/mol. The Balaban J connectivity index is 1.44. The average molecular weight is 448 g/mol. The summed E-state index contributed by atoms with van der Waals surface area (Å²) in [7, 11) is 0. The number of amides is 4. The van der Waals surface area contributed by atoms with E-state index in [0.29, 0.717) is 43.5 Å². The van der Waals surface area contributed by atoms with E-state index in [0.717, 1.165) is 10.6 Å². The van der Waals surface area contributed by atoms with Gasteiger partial charge in [0.25, 0.3) is 11.8 Å². The van der Waals surface area contributed by atoms with Crippen molar-refractivity contribution in [1.82, 2.24) is 9.80 Å². The first-order valence-electron chi connectivity index (χ1n) is 11.5. The molecular formula is C26H29N3O4. The molecule has 2 aliphatic rings. The molecule has 1 atom stereocenters. The van der Waals surface area contributed by atoms with Crippen molar-refractivity contribution in [3.63, 3.8) is 0 Å². The Morgan fingerprint density at radius 1 is 0.909 bits per heavy atom. The Morgan fingerprint density at radius 2 is 1.45 bits per heavy atom. The van der Waals surface area contributed by atoms with E-state index in [-0.39, 0.29) is 23.7 Å². The Labute approximate surface area is 193 Å². The maximum Gasteiger partial charge on any atom is 0.262 e. The van der Waals surface area contributed by atoms with Crippen molar-refractivity contribution < 1.29 is 19.2 Å². The van der Waals surface area contributed by atoms with Gasteiger partial charge in [-0.3, -0.25) is 24.1 Å². The molecule has 33 heavy (non-hydrogen) atoms. The van der Waals surface area contributed by atoms with Crippen LogP contribution in [0.3, 0.4) is 0 Å². The van der Waals surface area contributed by atoms with Crippen LogP contribution in [0.4, 0.5) is 5.69 Å². The Hall–Kier alpha value is -3.48. The lowest BCUT2D eigenvalue weighted by Crippen LogP contribution is -2.53. The largest absolute Gasteiger partial charge is 0.341 e. The molecule has 2 aliphatic heterocycles. The van der Waals surface area contributed by atoms with E-state index >= 15 is 0 Å². The van der Waals surface area contributed by atoms with Gasteiger partial charge >= 0.3 is 0 Å². The fourth-order valence-corrected chi connectivity index (χ4v) is 4.59. The lowest BCUT2D eigenvalue weighted by Gasteiger charge is -2.36. The van der Waals surface area contributed by atoms with Crippen LogP contribution >= 0.6 is 0 Å². The standard InChI is InChI=1S/C26H29N3O4/c1-17(2)16-22(29-24(31)20-10-6-7-11-21(20)25(29)32)26(33)28-14-12-18(13-15-28)23(30)27-19-8-4-3-5-9-19/h3-11,17-18,22H,12-16H2,1-2H3,(H,27,30). The maximum atomic E-state index is 13.5. The fourth-order valence-electron chi connectivity index (χ4n) is 4.59. The lowest BCUT2D eigenvalue weighted by atomic mass is 9.94. The number of nitrogens with zero attached hydrogens (tertiary/aromatic N) is 2. The number of carbonyl (C=O) groups excluding carboxylic acids is 4. The van der Waals surface area contributed by atoms with Crippen molar-refractivity contribution in [1.29, 1.82) is 0 Å². The molecule has 7 nitrogen and oxygen atoms in total. The van der Waals surface area contributed by atoms with Gasteiger partial charge in [-0.15, -0.1) is 0 Å². The van der Waals surface area contributed by atoms with Crippen molar-refractivity contribution in [2.75, 3.05) is 18.4 Å². The van der Waals surface area contributed by atoms with Gasteiger partial charge in [-0.25, -0.2) is 0 Å². The van der Waals surface area contributed by atoms with Crippen molar-refractivity contribution in [2.45, 2.75) is 39.2 Å². The van der Waals surface area contributed by atoms with Gasteiger partial charge in [0.2, 0.25) is 11.8 Å². The minimum Gasteiger partial charge on any atom is -0.341 e. The van der Waals surface area contributed by atoms with Crippen LogP contribution in [0.25, 0.3) is 0 Å². The SMILES string of the molecule is CC(C)CC(C(=O)N1CCC(C(=O)Nc2ccccc2)CC1)N1C(=O)c2ccccc2C1=O. The molecule has 0 aliphatic carbocycles. The predicted molar refractivity (Wildman–Crippen MR) is 125 cm³/mol. The minimum absolute atomic E-state index is 0.0487. The number of para-hydroxylation sites is 1. The molecule has 2 aromatic carbocycles. The number of carbonyl (C=O) groups is 4. The zero-order chi connectivity index (χ0) is 23.5. The fraction of sp³-hybridized carbons (Fsp3) is 0.385. The summed E-state index contributed by atoms with van der Waals surface area (Å²) in [5.74, 6) is -1.15. The van der Waals surface area contributed by atoms with Crippen LogP contribution < -0.4 is 5.32 Å². The summed E-state index contributed by atoms with van der Waals surface area (Å²) in [5, 5.41) is 2.93. The van der Waals surface area contributed by atoms with E-state index in [9.17, 15) is 19.2 Å². The molecular weight excluding hydrogens is 418 g/mol. The summed E-state index contributed by atoms with van der Waals surface area (Å²) < 4.78 is 0. The summed E-state index contributed by atoms with van der Waals surface area (Å²) in [6, 6.07) is 15.2. The number of benzene rings is 2. The number of piperidine rings is 1. The van der Waals surface area contributed by atoms with Crippen LogP contribution in [0, 0.1) is 11.8 Å². The number of anilines is 1. The predicted octanol–water partition coefficient (Wildman–Crippen LogP) is 3.57. The third kappa shape index (κ3) is 4.67. The molecule has 2 aromatic rings. The topological polar surface area (TPSA) is 86.8 Å². The van der Waals surface area contributed by atoms with Gasteiger partial charge < -0.3 is 10.2 Å². The van der Waals surface area contributed by atoms with Crippen LogP contribution in [0.5, 0.6) is 0 Å². The molecule has 1 N–H and O–H groups in total. The molecule has 172 valence electrons. The second-order valence-corrected chi connectivity index (χ2v) is 9.13. The number of hydrogen-bond acceptors (Lipinski definition) is 4. The Kier molecular flexibility index (Phi) is 6.58. The molecule has 0 spiro atoms. The Morgan fingerprint density at radius 3 is 2.00 bits per heavy atom. The van der Waals surface area contributed by atoms with Crippen molar-refractivity contribution in [2.24, 2.45) is 11.8 Å². The van der Waals surface area contributed by atoms with E-state index in [1.807, 2.05) is 44.2 Å². The van der Waals surface area contributed by atoms with Crippen LogP contribution in [-0.2, 0) is 9.59 Å². The summed E-state index contributed by atoms with van der Waals surface area (Å²) in [6.07, 6.45) is 1.49. The molecule has 0 bridgehead atoms. The molecule has 1 fully saturated rings. The van der Waals surface area contributed by atoms with E-state index in [4.69, 9.17) is 0 Å². The van der Waals surface area contributed by atoms with Gasteiger partial charge in [0.15, 0.2) is 0 Å². The molecule has 1 unspecified atom stereocenters. The van der Waals surface area contributed by atoms with Gasteiger partial charge in [-0.05, 0) is 49.4 Å². The first-order valence-corrected chi connectivity index (χ1v) is 11.5. The highest BCUT2D eigenvalue weighted by atomic mass is 16.2. The van der Waals surface area contributed by atoms with Gasteiger partial charge in [-0.2, -0.15) is 0 Å². The summed E-state index contributed by atoms with van der Waals surface area (Å²) in [4.78, 5) is 55.0. The number of nitrogens with one attached hydrogen (secondary N) is 1.